The summed E-state index contributed by atoms with van der Waals surface area (Å²) in [6.07, 6.45) is 4.12. The summed E-state index contributed by atoms with van der Waals surface area (Å²) in [4.78, 5) is 29.0. The Morgan fingerprint density at radius 3 is 2.64 bits per heavy atom. The molecule has 6 heteroatoms. The molecule has 1 saturated heterocycles. The zero-order valence-corrected chi connectivity index (χ0v) is 16.2. The molecule has 1 fully saturated rings. The van der Waals surface area contributed by atoms with Gasteiger partial charge in [-0.05, 0) is 26.3 Å². The van der Waals surface area contributed by atoms with Gasteiger partial charge in [-0.15, -0.1) is 0 Å². The van der Waals surface area contributed by atoms with Crippen molar-refractivity contribution in [2.75, 3.05) is 39.1 Å². The van der Waals surface area contributed by atoms with E-state index < -0.39 is 0 Å². The van der Waals surface area contributed by atoms with Gasteiger partial charge >= 0.3 is 0 Å². The van der Waals surface area contributed by atoms with Crippen LogP contribution < -0.4 is 4.90 Å². The van der Waals surface area contributed by atoms with Crippen molar-refractivity contribution in [3.05, 3.63) is 17.1 Å². The molecule has 2 aliphatic heterocycles. The van der Waals surface area contributed by atoms with Crippen LogP contribution in [-0.2, 0) is 17.8 Å². The van der Waals surface area contributed by atoms with Crippen LogP contribution in [0.15, 0.2) is 0 Å². The predicted molar refractivity (Wildman–Crippen MR) is 99.5 cm³/mol. The van der Waals surface area contributed by atoms with Gasteiger partial charge < -0.3 is 14.7 Å². The minimum Gasteiger partial charge on any atom is -0.362 e. The van der Waals surface area contributed by atoms with Crippen LogP contribution in [0.25, 0.3) is 0 Å². The lowest BCUT2D eigenvalue weighted by atomic mass is 9.98. The Morgan fingerprint density at radius 1 is 1.20 bits per heavy atom. The number of anilines is 1. The lowest BCUT2D eigenvalue weighted by Crippen LogP contribution is -2.42. The van der Waals surface area contributed by atoms with Gasteiger partial charge in [0.1, 0.15) is 5.82 Å². The number of hydrogen-bond acceptors (Lipinski definition) is 5. The molecule has 0 spiro atoms. The van der Waals surface area contributed by atoms with E-state index in [1.165, 1.54) is 5.56 Å². The fraction of sp³-hybridized carbons (Fsp3) is 0.737. The molecule has 6 nitrogen and oxygen atoms in total. The number of carbonyl (C=O) groups excluding carboxylic acids is 1. The largest absolute Gasteiger partial charge is 0.362 e. The molecule has 0 bridgehead atoms. The molecule has 0 unspecified atom stereocenters. The number of likely N-dealkylation sites (tertiary alicyclic amines) is 1. The van der Waals surface area contributed by atoms with Gasteiger partial charge in [0.15, 0.2) is 5.82 Å². The summed E-state index contributed by atoms with van der Waals surface area (Å²) in [5.41, 5.74) is 2.40. The molecule has 1 aromatic heterocycles. The molecule has 2 aliphatic rings. The van der Waals surface area contributed by atoms with Crippen LogP contribution in [0.4, 0.5) is 5.82 Å². The van der Waals surface area contributed by atoms with Crippen molar-refractivity contribution >= 4 is 11.7 Å². The average Bonchev–Trinajstić information content (AvgIpc) is 2.60. The Balaban J connectivity index is 2.01. The highest BCUT2D eigenvalue weighted by Crippen LogP contribution is 2.33. The molecule has 1 aromatic rings. The topological polar surface area (TPSA) is 52.6 Å². The van der Waals surface area contributed by atoms with Crippen LogP contribution in [-0.4, -0.2) is 59.9 Å². The van der Waals surface area contributed by atoms with Gasteiger partial charge in [0.25, 0.3) is 0 Å². The third-order valence-electron chi connectivity index (χ3n) is 5.25. The summed E-state index contributed by atoms with van der Waals surface area (Å²) in [6.45, 7) is 6.69. The normalized spacial score (nSPS) is 21.4. The smallest absolute Gasteiger partial charge is 0.225 e. The fourth-order valence-corrected chi connectivity index (χ4v) is 3.86. The van der Waals surface area contributed by atoms with Crippen molar-refractivity contribution in [2.24, 2.45) is 5.92 Å². The van der Waals surface area contributed by atoms with Crippen LogP contribution in [0.2, 0.25) is 0 Å². The third-order valence-corrected chi connectivity index (χ3v) is 5.25. The Morgan fingerprint density at radius 2 is 1.96 bits per heavy atom. The van der Waals surface area contributed by atoms with E-state index in [2.05, 4.69) is 16.8 Å². The van der Waals surface area contributed by atoms with Gasteiger partial charge in [-0.2, -0.15) is 0 Å². The predicted octanol–water partition coefficient (Wildman–Crippen LogP) is 2.24. The van der Waals surface area contributed by atoms with Crippen molar-refractivity contribution in [1.29, 1.82) is 0 Å². The fourth-order valence-electron chi connectivity index (χ4n) is 3.86. The maximum absolute atomic E-state index is 12.7. The van der Waals surface area contributed by atoms with Crippen LogP contribution in [0.1, 0.15) is 56.2 Å². The van der Waals surface area contributed by atoms with E-state index in [4.69, 9.17) is 9.97 Å². The molecule has 1 atom stereocenters. The Labute approximate surface area is 151 Å². The van der Waals surface area contributed by atoms with Gasteiger partial charge in [-0.1, -0.05) is 13.8 Å². The second kappa shape index (κ2) is 7.28. The molecule has 1 amide bonds. The maximum atomic E-state index is 12.7. The minimum atomic E-state index is 0.0141. The lowest BCUT2D eigenvalue weighted by molar-refractivity contribution is -0.138. The highest BCUT2D eigenvalue weighted by molar-refractivity contribution is 5.78. The molecule has 0 aliphatic carbocycles. The monoisotopic (exact) mass is 345 g/mol. The van der Waals surface area contributed by atoms with E-state index in [1.54, 1.807) is 0 Å². The number of nitrogens with zero attached hydrogens (tertiary/aromatic N) is 5. The number of carbonyl (C=O) groups is 1. The van der Waals surface area contributed by atoms with E-state index in [-0.39, 0.29) is 17.9 Å². The molecule has 25 heavy (non-hydrogen) atoms. The first kappa shape index (κ1) is 18.1. The van der Waals surface area contributed by atoms with Crippen molar-refractivity contribution in [2.45, 2.75) is 52.1 Å². The summed E-state index contributed by atoms with van der Waals surface area (Å²) in [6, 6.07) is 0.0207. The van der Waals surface area contributed by atoms with Crippen molar-refractivity contribution < 1.29 is 4.79 Å². The van der Waals surface area contributed by atoms with Crippen molar-refractivity contribution in [3.8, 4) is 0 Å². The quantitative estimate of drug-likeness (QED) is 0.841. The molecule has 0 N–H and O–H groups in total. The summed E-state index contributed by atoms with van der Waals surface area (Å²) in [5.74, 6) is 2.08. The first-order chi connectivity index (χ1) is 11.9. The number of aromatic nitrogens is 2. The molecule has 0 aromatic carbocycles. The molecular weight excluding hydrogens is 314 g/mol. The maximum Gasteiger partial charge on any atom is 0.225 e. The summed E-state index contributed by atoms with van der Waals surface area (Å²) < 4.78 is 0. The van der Waals surface area contributed by atoms with Crippen LogP contribution in [0.3, 0.4) is 0 Å². The first-order valence-electron chi connectivity index (χ1n) is 9.44. The Hall–Kier alpha value is -1.69. The molecule has 3 heterocycles. The summed E-state index contributed by atoms with van der Waals surface area (Å²) >= 11 is 0. The highest BCUT2D eigenvalue weighted by atomic mass is 16.2. The lowest BCUT2D eigenvalue weighted by Gasteiger charge is -2.37. The van der Waals surface area contributed by atoms with E-state index in [1.807, 2.05) is 32.8 Å². The molecule has 0 radical (unpaired) electrons. The number of rotatable bonds is 3. The molecule has 138 valence electrons. The SMILES string of the molecule is CC(C)C(=O)N1CCCC[C@H]1c1nc2c(c(N(C)C)n1)CN(C)CC2. The Kier molecular flexibility index (Phi) is 5.27. The molecule has 0 saturated carbocycles. The second-order valence-corrected chi connectivity index (χ2v) is 7.91. The van der Waals surface area contributed by atoms with Gasteiger partial charge in [-0.25, -0.2) is 9.97 Å². The molecule has 3 rings (SSSR count). The van der Waals surface area contributed by atoms with Crippen LogP contribution in [0, 0.1) is 5.92 Å². The Bertz CT molecular complexity index is 643. The third kappa shape index (κ3) is 3.64. The summed E-state index contributed by atoms with van der Waals surface area (Å²) in [7, 11) is 6.22. The van der Waals surface area contributed by atoms with Gasteiger partial charge in [0, 0.05) is 51.6 Å². The van der Waals surface area contributed by atoms with E-state index >= 15 is 0 Å². The molecular formula is C19H31N5O. The van der Waals surface area contributed by atoms with Crippen molar-refractivity contribution in [1.82, 2.24) is 19.8 Å². The highest BCUT2D eigenvalue weighted by Gasteiger charge is 2.33. The first-order valence-corrected chi connectivity index (χ1v) is 9.44. The van der Waals surface area contributed by atoms with Crippen LogP contribution >= 0.6 is 0 Å². The second-order valence-electron chi connectivity index (χ2n) is 7.91. The van der Waals surface area contributed by atoms with Crippen molar-refractivity contribution in [3.63, 3.8) is 0 Å². The van der Waals surface area contributed by atoms with Gasteiger partial charge in [-0.3, -0.25) is 4.79 Å². The van der Waals surface area contributed by atoms with E-state index in [0.717, 1.165) is 62.7 Å². The van der Waals surface area contributed by atoms with Gasteiger partial charge in [0.2, 0.25) is 5.91 Å². The number of fused-ring (bicyclic) bond motifs is 1. The average molecular weight is 345 g/mol. The van der Waals surface area contributed by atoms with E-state index in [9.17, 15) is 4.79 Å². The van der Waals surface area contributed by atoms with Gasteiger partial charge in [0.05, 0.1) is 11.7 Å². The van der Waals surface area contributed by atoms with E-state index in [0.29, 0.717) is 0 Å². The zero-order chi connectivity index (χ0) is 18.1. The number of likely N-dealkylation sites (N-methyl/N-ethyl adjacent to an activating group) is 1. The number of hydrogen-bond donors (Lipinski definition) is 0. The van der Waals surface area contributed by atoms with Crippen LogP contribution in [0.5, 0.6) is 0 Å². The number of amides is 1. The standard InChI is InChI=1S/C19H31N5O/c1-13(2)19(25)24-10-7-6-8-16(24)17-20-15-9-11-23(5)12-14(15)18(21-17)22(3)4/h13,16H,6-12H2,1-5H3/t16-/m0/s1. The zero-order valence-electron chi connectivity index (χ0n) is 16.2. The summed E-state index contributed by atoms with van der Waals surface area (Å²) in [5, 5.41) is 0. The minimum absolute atomic E-state index is 0.0141. The number of piperidine rings is 1.